The molecule has 0 radical (unpaired) electrons. The maximum Gasteiger partial charge on any atom is 0.335 e. The summed E-state index contributed by atoms with van der Waals surface area (Å²) < 4.78 is 6.43. The number of para-hydroxylation sites is 1. The maximum atomic E-state index is 10.9. The molecule has 0 bridgehead atoms. The molecule has 0 heterocycles. The molecule has 2 aromatic carbocycles. The first-order chi connectivity index (χ1) is 13.1. The highest BCUT2D eigenvalue weighted by Crippen LogP contribution is 2.31. The zero-order valence-electron chi connectivity index (χ0n) is 15.5. The van der Waals surface area contributed by atoms with E-state index in [9.17, 15) is 4.79 Å². The first kappa shape index (κ1) is 18.7. The minimum atomic E-state index is -0.909. The summed E-state index contributed by atoms with van der Waals surface area (Å²) in [6.45, 7) is 2.15. The second-order valence-electron chi connectivity index (χ2n) is 6.65. The number of hydrogen-bond donors (Lipinski definition) is 1. The molecule has 1 N–H and O–H groups in total. The van der Waals surface area contributed by atoms with Crippen LogP contribution in [0.25, 0.3) is 6.08 Å². The Morgan fingerprint density at radius 1 is 1.15 bits per heavy atom. The van der Waals surface area contributed by atoms with Crippen LogP contribution in [0.15, 0.2) is 78.9 Å². The average molecular weight is 360 g/mol. The normalized spacial score (nSPS) is 18.7. The van der Waals surface area contributed by atoms with E-state index in [4.69, 9.17) is 9.84 Å². The van der Waals surface area contributed by atoms with Gasteiger partial charge in [-0.3, -0.25) is 0 Å². The maximum absolute atomic E-state index is 10.9. The minimum absolute atomic E-state index is 0.277. The summed E-state index contributed by atoms with van der Waals surface area (Å²) in [6, 6.07) is 15.0. The summed E-state index contributed by atoms with van der Waals surface area (Å²) in [6.07, 6.45) is 15.0. The second kappa shape index (κ2) is 8.54. The van der Waals surface area contributed by atoms with E-state index in [0.29, 0.717) is 5.56 Å². The van der Waals surface area contributed by atoms with Crippen LogP contribution < -0.4 is 4.74 Å². The number of ether oxygens (including phenoxy) is 1. The van der Waals surface area contributed by atoms with Gasteiger partial charge < -0.3 is 9.84 Å². The van der Waals surface area contributed by atoms with Crippen molar-refractivity contribution in [1.82, 2.24) is 0 Å². The Hall–Kier alpha value is -3.07. The number of rotatable bonds is 7. The number of carbonyl (C=O) groups is 1. The van der Waals surface area contributed by atoms with Crippen molar-refractivity contribution >= 4 is 12.0 Å². The monoisotopic (exact) mass is 360 g/mol. The van der Waals surface area contributed by atoms with E-state index in [0.717, 1.165) is 36.1 Å². The van der Waals surface area contributed by atoms with Crippen LogP contribution in [0.2, 0.25) is 0 Å². The van der Waals surface area contributed by atoms with Crippen molar-refractivity contribution in [3.63, 3.8) is 0 Å². The zero-order valence-corrected chi connectivity index (χ0v) is 15.5. The third kappa shape index (κ3) is 4.76. The number of aromatic carboxylic acids is 1. The molecule has 1 aliphatic rings. The molecule has 0 aliphatic heterocycles. The summed E-state index contributed by atoms with van der Waals surface area (Å²) in [5.41, 5.74) is 2.13. The predicted molar refractivity (Wildman–Crippen MR) is 109 cm³/mol. The van der Waals surface area contributed by atoms with E-state index in [-0.39, 0.29) is 5.60 Å². The van der Waals surface area contributed by atoms with Gasteiger partial charge in [-0.2, -0.15) is 0 Å². The molecule has 0 amide bonds. The van der Waals surface area contributed by atoms with Crippen molar-refractivity contribution in [1.29, 1.82) is 0 Å². The fourth-order valence-corrected chi connectivity index (χ4v) is 3.10. The van der Waals surface area contributed by atoms with Gasteiger partial charge in [0.1, 0.15) is 11.4 Å². The highest BCUT2D eigenvalue weighted by atomic mass is 16.5. The molecule has 0 spiro atoms. The molecule has 138 valence electrons. The molecular formula is C24H24O3. The van der Waals surface area contributed by atoms with Crippen molar-refractivity contribution in [3.8, 4) is 5.75 Å². The van der Waals surface area contributed by atoms with E-state index in [1.54, 1.807) is 12.1 Å². The lowest BCUT2D eigenvalue weighted by Crippen LogP contribution is -2.33. The van der Waals surface area contributed by atoms with Crippen LogP contribution >= 0.6 is 0 Å². The van der Waals surface area contributed by atoms with Crippen LogP contribution in [0.5, 0.6) is 5.75 Å². The summed E-state index contributed by atoms with van der Waals surface area (Å²) in [7, 11) is 0. The van der Waals surface area contributed by atoms with Crippen molar-refractivity contribution < 1.29 is 14.6 Å². The quantitative estimate of drug-likeness (QED) is 0.690. The highest BCUT2D eigenvalue weighted by Gasteiger charge is 2.27. The molecule has 0 aromatic heterocycles. The lowest BCUT2D eigenvalue weighted by atomic mass is 9.92. The van der Waals surface area contributed by atoms with Crippen LogP contribution in [0.3, 0.4) is 0 Å². The predicted octanol–water partition coefficient (Wildman–Crippen LogP) is 5.68. The van der Waals surface area contributed by atoms with Crippen molar-refractivity contribution in [2.75, 3.05) is 0 Å². The van der Waals surface area contributed by atoms with Crippen molar-refractivity contribution in [2.24, 2.45) is 0 Å². The fourth-order valence-electron chi connectivity index (χ4n) is 3.10. The van der Waals surface area contributed by atoms with Gasteiger partial charge in [-0.05, 0) is 48.2 Å². The molecule has 3 heteroatoms. The largest absolute Gasteiger partial charge is 0.483 e. The van der Waals surface area contributed by atoms with Gasteiger partial charge in [-0.1, -0.05) is 67.6 Å². The fraction of sp³-hybridized carbons (Fsp3) is 0.208. The summed E-state index contributed by atoms with van der Waals surface area (Å²) >= 11 is 0. The first-order valence-electron chi connectivity index (χ1n) is 9.23. The van der Waals surface area contributed by atoms with E-state index in [1.165, 1.54) is 0 Å². The Bertz CT molecular complexity index is 875. The van der Waals surface area contributed by atoms with Gasteiger partial charge in [0, 0.05) is 6.42 Å². The lowest BCUT2D eigenvalue weighted by molar-refractivity contribution is 0.0697. The van der Waals surface area contributed by atoms with E-state index < -0.39 is 5.97 Å². The number of allylic oxidation sites excluding steroid dienone is 3. The molecular weight excluding hydrogens is 336 g/mol. The van der Waals surface area contributed by atoms with Crippen molar-refractivity contribution in [2.45, 2.75) is 31.8 Å². The first-order valence-corrected chi connectivity index (χ1v) is 9.23. The lowest BCUT2D eigenvalue weighted by Gasteiger charge is -2.32. The molecule has 0 saturated carbocycles. The number of carboxylic acid groups (broad SMARTS) is 1. The van der Waals surface area contributed by atoms with Crippen LogP contribution in [-0.2, 0) is 6.42 Å². The van der Waals surface area contributed by atoms with Gasteiger partial charge in [0.2, 0.25) is 0 Å². The van der Waals surface area contributed by atoms with E-state index >= 15 is 0 Å². The molecule has 1 aliphatic carbocycles. The van der Waals surface area contributed by atoms with Gasteiger partial charge in [-0.15, -0.1) is 0 Å². The Balaban J connectivity index is 1.71. The molecule has 1 unspecified atom stereocenters. The van der Waals surface area contributed by atoms with E-state index in [2.05, 4.69) is 43.4 Å². The molecule has 2 aromatic rings. The summed E-state index contributed by atoms with van der Waals surface area (Å²) in [5, 5.41) is 8.97. The topological polar surface area (TPSA) is 46.5 Å². The zero-order chi connectivity index (χ0) is 19.1. The summed E-state index contributed by atoms with van der Waals surface area (Å²) in [5.74, 6) is -0.00163. The standard InChI is InChI=1S/C24H24O3/c1-2-24(17-6-3-7-18-24)27-22-12-5-4-10-20(22)11-8-9-19-13-15-21(16-14-19)23(25)26/h3-10,12-17H,2,11,18H2,1H3,(H,25,26). The third-order valence-electron chi connectivity index (χ3n) is 4.80. The van der Waals surface area contributed by atoms with Gasteiger partial charge in [0.15, 0.2) is 0 Å². The molecule has 3 nitrogen and oxygen atoms in total. The molecule has 3 rings (SSSR count). The Morgan fingerprint density at radius 2 is 1.93 bits per heavy atom. The summed E-state index contributed by atoms with van der Waals surface area (Å²) in [4.78, 5) is 10.9. The van der Waals surface area contributed by atoms with Crippen molar-refractivity contribution in [3.05, 3.63) is 95.6 Å². The average Bonchev–Trinajstić information content (AvgIpc) is 2.70. The molecule has 1 atom stereocenters. The van der Waals surface area contributed by atoms with Gasteiger partial charge >= 0.3 is 5.97 Å². The Labute approximate surface area is 160 Å². The Morgan fingerprint density at radius 3 is 2.59 bits per heavy atom. The smallest absolute Gasteiger partial charge is 0.335 e. The second-order valence-corrected chi connectivity index (χ2v) is 6.65. The molecule has 27 heavy (non-hydrogen) atoms. The van der Waals surface area contributed by atoms with Crippen LogP contribution in [0.4, 0.5) is 0 Å². The number of carboxylic acids is 1. The van der Waals surface area contributed by atoms with Gasteiger partial charge in [-0.25, -0.2) is 4.79 Å². The third-order valence-corrected chi connectivity index (χ3v) is 4.80. The van der Waals surface area contributed by atoms with Gasteiger partial charge in [0.05, 0.1) is 5.56 Å². The van der Waals surface area contributed by atoms with Gasteiger partial charge in [0.25, 0.3) is 0 Å². The highest BCUT2D eigenvalue weighted by molar-refractivity contribution is 5.87. The van der Waals surface area contributed by atoms with E-state index in [1.807, 2.05) is 36.4 Å². The SMILES string of the molecule is CCC1(Oc2ccccc2CC=Cc2ccc(C(=O)O)cc2)C=CC=CC1. The van der Waals surface area contributed by atoms with Crippen LogP contribution in [0, 0.1) is 0 Å². The molecule has 0 saturated heterocycles. The number of hydrogen-bond acceptors (Lipinski definition) is 2. The number of benzene rings is 2. The minimum Gasteiger partial charge on any atom is -0.483 e. The Kier molecular flexibility index (Phi) is 5.92. The molecule has 0 fully saturated rings. The van der Waals surface area contributed by atoms with Crippen LogP contribution in [-0.4, -0.2) is 16.7 Å². The van der Waals surface area contributed by atoms with Crippen LogP contribution in [0.1, 0.15) is 41.3 Å².